The third-order valence-electron chi connectivity index (χ3n) is 4.50. The number of nitrogens with zero attached hydrogens (tertiary/aromatic N) is 2. The summed E-state index contributed by atoms with van der Waals surface area (Å²) in [6.07, 6.45) is 1.75. The van der Waals surface area contributed by atoms with Crippen molar-refractivity contribution in [2.45, 2.75) is 11.7 Å². The Balaban J connectivity index is 1.59. The van der Waals surface area contributed by atoms with E-state index < -0.39 is 17.2 Å². The average molecular weight is 467 g/mol. The number of carboxylic acid groups (broad SMARTS) is 1. The Kier molecular flexibility index (Phi) is 7.16. The van der Waals surface area contributed by atoms with E-state index in [0.717, 1.165) is 17.3 Å². The van der Waals surface area contributed by atoms with Gasteiger partial charge in [0.2, 0.25) is 5.91 Å². The molecule has 30 heavy (non-hydrogen) atoms. The van der Waals surface area contributed by atoms with Crippen molar-refractivity contribution in [1.82, 2.24) is 9.80 Å². The molecule has 0 bridgehead atoms. The number of hydrogen-bond donors (Lipinski definition) is 1. The van der Waals surface area contributed by atoms with E-state index in [1.165, 1.54) is 28.7 Å². The highest BCUT2D eigenvalue weighted by Crippen LogP contribution is 2.33. The Hall–Kier alpha value is -2.37. The van der Waals surface area contributed by atoms with E-state index in [9.17, 15) is 19.2 Å². The van der Waals surface area contributed by atoms with Crippen molar-refractivity contribution < 1.29 is 29.0 Å². The quantitative estimate of drug-likeness (QED) is 0.383. The maximum absolute atomic E-state index is 12.7. The standard InChI is InChI=1S/C19H18N2O6S3/c1-27-18(26)12-4-2-11(3-5-12)8-13-16(23)21(19(28)30-13)7-6-15(22)20-9-14(17(24)25)29-10-20/h2-5,8,14H,6-7,9-10H2,1H3,(H,24,25)/b13-8-. The number of carbonyl (C=O) groups is 4. The van der Waals surface area contributed by atoms with Gasteiger partial charge >= 0.3 is 11.9 Å². The number of thioether (sulfide) groups is 2. The Bertz CT molecular complexity index is 931. The molecule has 0 aromatic heterocycles. The molecule has 1 unspecified atom stereocenters. The third-order valence-corrected chi connectivity index (χ3v) is 7.09. The summed E-state index contributed by atoms with van der Waals surface area (Å²) in [5.74, 6) is -1.53. The lowest BCUT2D eigenvalue weighted by atomic mass is 10.1. The van der Waals surface area contributed by atoms with Gasteiger partial charge in [-0.2, -0.15) is 0 Å². The van der Waals surface area contributed by atoms with Gasteiger partial charge in [0.05, 0.1) is 23.5 Å². The van der Waals surface area contributed by atoms with Crippen LogP contribution in [0, 0.1) is 0 Å². The van der Waals surface area contributed by atoms with Crippen molar-refractivity contribution in [1.29, 1.82) is 0 Å². The molecule has 2 heterocycles. The van der Waals surface area contributed by atoms with E-state index in [0.29, 0.717) is 20.7 Å². The third kappa shape index (κ3) is 5.02. The Morgan fingerprint density at radius 3 is 2.60 bits per heavy atom. The first kappa shape index (κ1) is 22.3. The second kappa shape index (κ2) is 9.63. The van der Waals surface area contributed by atoms with Gasteiger partial charge in [0.1, 0.15) is 9.57 Å². The molecule has 3 rings (SSSR count). The number of methoxy groups -OCH3 is 1. The fourth-order valence-corrected chi connectivity index (χ4v) is 5.20. The molecule has 2 amide bonds. The lowest BCUT2D eigenvalue weighted by molar-refractivity contribution is -0.137. The number of aliphatic carboxylic acids is 1. The minimum Gasteiger partial charge on any atom is -0.480 e. The molecule has 1 aromatic rings. The largest absolute Gasteiger partial charge is 0.480 e. The van der Waals surface area contributed by atoms with Crippen LogP contribution in [0.4, 0.5) is 0 Å². The summed E-state index contributed by atoms with van der Waals surface area (Å²) in [7, 11) is 1.30. The maximum Gasteiger partial charge on any atom is 0.337 e. The molecule has 0 radical (unpaired) electrons. The van der Waals surface area contributed by atoms with Crippen LogP contribution in [-0.2, 0) is 19.1 Å². The fourth-order valence-electron chi connectivity index (χ4n) is 2.85. The molecule has 1 atom stereocenters. The van der Waals surface area contributed by atoms with Crippen molar-refractivity contribution >= 4 is 69.9 Å². The topological polar surface area (TPSA) is 104 Å². The highest BCUT2D eigenvalue weighted by molar-refractivity contribution is 8.26. The molecular formula is C19H18N2O6S3. The molecule has 0 saturated carbocycles. The minimum absolute atomic E-state index is 0.0699. The van der Waals surface area contributed by atoms with Crippen LogP contribution in [0.15, 0.2) is 29.2 Å². The van der Waals surface area contributed by atoms with Crippen molar-refractivity contribution in [2.75, 3.05) is 26.1 Å². The number of amides is 2. The number of thiocarbonyl (C=S) groups is 1. The van der Waals surface area contributed by atoms with Gasteiger partial charge in [-0.25, -0.2) is 4.79 Å². The normalized spacial score (nSPS) is 20.2. The molecule has 2 saturated heterocycles. The number of benzene rings is 1. The summed E-state index contributed by atoms with van der Waals surface area (Å²) in [6.45, 7) is 0.305. The van der Waals surface area contributed by atoms with E-state index in [1.807, 2.05) is 0 Å². The number of carboxylic acids is 1. The summed E-state index contributed by atoms with van der Waals surface area (Å²) in [5.41, 5.74) is 1.14. The van der Waals surface area contributed by atoms with E-state index in [-0.39, 0.29) is 31.3 Å². The number of hydrogen-bond acceptors (Lipinski definition) is 8. The lowest BCUT2D eigenvalue weighted by Gasteiger charge is -2.18. The monoisotopic (exact) mass is 466 g/mol. The zero-order chi connectivity index (χ0) is 21.8. The zero-order valence-electron chi connectivity index (χ0n) is 15.9. The van der Waals surface area contributed by atoms with E-state index in [1.54, 1.807) is 30.3 Å². The van der Waals surface area contributed by atoms with Crippen LogP contribution >= 0.6 is 35.7 Å². The van der Waals surface area contributed by atoms with E-state index >= 15 is 0 Å². The molecule has 158 valence electrons. The Labute approximate surface area is 186 Å². The first-order valence-electron chi connectivity index (χ1n) is 8.86. The van der Waals surface area contributed by atoms with Crippen molar-refractivity contribution in [3.8, 4) is 0 Å². The summed E-state index contributed by atoms with van der Waals surface area (Å²) in [5, 5.41) is 8.42. The van der Waals surface area contributed by atoms with Crippen LogP contribution in [0.5, 0.6) is 0 Å². The van der Waals surface area contributed by atoms with Crippen LogP contribution in [0.3, 0.4) is 0 Å². The first-order valence-corrected chi connectivity index (χ1v) is 11.1. The van der Waals surface area contributed by atoms with Gasteiger partial charge in [0.25, 0.3) is 5.91 Å². The number of ether oxygens (including phenoxy) is 1. The molecule has 2 aliphatic rings. The number of esters is 1. The lowest BCUT2D eigenvalue weighted by Crippen LogP contribution is -2.36. The molecule has 1 N–H and O–H groups in total. The predicted molar refractivity (Wildman–Crippen MR) is 118 cm³/mol. The summed E-state index contributed by atoms with van der Waals surface area (Å²) < 4.78 is 5.02. The summed E-state index contributed by atoms with van der Waals surface area (Å²) in [6, 6.07) is 6.61. The highest BCUT2D eigenvalue weighted by Gasteiger charge is 2.34. The van der Waals surface area contributed by atoms with Gasteiger partial charge in [-0.05, 0) is 23.8 Å². The fraction of sp³-hybridized carbons (Fsp3) is 0.316. The van der Waals surface area contributed by atoms with Gasteiger partial charge in [0.15, 0.2) is 0 Å². The zero-order valence-corrected chi connectivity index (χ0v) is 18.3. The number of rotatable bonds is 6. The molecule has 2 aliphatic heterocycles. The molecule has 1 aromatic carbocycles. The molecule has 2 fully saturated rings. The van der Waals surface area contributed by atoms with Gasteiger partial charge in [-0.1, -0.05) is 36.1 Å². The molecule has 0 aliphatic carbocycles. The molecule has 8 nitrogen and oxygen atoms in total. The SMILES string of the molecule is COC(=O)c1ccc(/C=C2\SC(=S)N(CCC(=O)N3CSC(C(=O)O)C3)C2=O)cc1. The van der Waals surface area contributed by atoms with E-state index in [2.05, 4.69) is 4.74 Å². The smallest absolute Gasteiger partial charge is 0.337 e. The van der Waals surface area contributed by atoms with Crippen LogP contribution in [0.2, 0.25) is 0 Å². The summed E-state index contributed by atoms with van der Waals surface area (Å²) >= 11 is 7.64. The van der Waals surface area contributed by atoms with Crippen LogP contribution in [0.1, 0.15) is 22.3 Å². The van der Waals surface area contributed by atoms with Crippen LogP contribution < -0.4 is 0 Å². The van der Waals surface area contributed by atoms with Crippen molar-refractivity contribution in [3.05, 3.63) is 40.3 Å². The predicted octanol–water partition coefficient (Wildman–Crippen LogP) is 2.05. The van der Waals surface area contributed by atoms with E-state index in [4.69, 9.17) is 17.3 Å². The van der Waals surface area contributed by atoms with Gasteiger partial charge < -0.3 is 14.7 Å². The first-order chi connectivity index (χ1) is 14.3. The summed E-state index contributed by atoms with van der Waals surface area (Å²) in [4.78, 5) is 50.8. The minimum atomic E-state index is -0.933. The van der Waals surface area contributed by atoms with Crippen molar-refractivity contribution in [3.63, 3.8) is 0 Å². The maximum atomic E-state index is 12.7. The van der Waals surface area contributed by atoms with Gasteiger partial charge in [0, 0.05) is 19.5 Å². The Morgan fingerprint density at radius 2 is 2.00 bits per heavy atom. The number of carbonyl (C=O) groups excluding carboxylic acids is 3. The average Bonchev–Trinajstić information content (AvgIpc) is 3.32. The second-order valence-corrected chi connectivity index (χ2v) is 9.27. The van der Waals surface area contributed by atoms with Crippen molar-refractivity contribution in [2.24, 2.45) is 0 Å². The van der Waals surface area contributed by atoms with Crippen LogP contribution in [0.25, 0.3) is 6.08 Å². The van der Waals surface area contributed by atoms with Gasteiger partial charge in [-0.3, -0.25) is 19.3 Å². The van der Waals surface area contributed by atoms with Gasteiger partial charge in [-0.15, -0.1) is 11.8 Å². The molecule has 0 spiro atoms. The Morgan fingerprint density at radius 1 is 1.30 bits per heavy atom. The molecular weight excluding hydrogens is 448 g/mol. The second-order valence-electron chi connectivity index (χ2n) is 6.44. The molecule has 11 heteroatoms. The highest BCUT2D eigenvalue weighted by atomic mass is 32.2. The van der Waals surface area contributed by atoms with Crippen LogP contribution in [-0.4, -0.2) is 74.3 Å².